The molecule has 0 bridgehead atoms. The monoisotopic (exact) mass is 300 g/mol. The molecule has 5 heteroatoms. The molecule has 0 aliphatic heterocycles. The van der Waals surface area contributed by atoms with E-state index in [4.69, 9.17) is 14.9 Å². The number of benzene rings is 1. The van der Waals surface area contributed by atoms with E-state index >= 15 is 0 Å². The molecule has 1 aromatic carbocycles. The number of hydrogen-bond acceptors (Lipinski definition) is 5. The van der Waals surface area contributed by atoms with Crippen molar-refractivity contribution in [3.63, 3.8) is 0 Å². The second kappa shape index (κ2) is 6.11. The molecule has 0 unspecified atom stereocenters. The SMILES string of the molecule is Cc1oc(-c2cccs2)nc1COc1ccc(CN)cc1. The molecular weight excluding hydrogens is 284 g/mol. The fourth-order valence-corrected chi connectivity index (χ4v) is 2.59. The van der Waals surface area contributed by atoms with Gasteiger partial charge in [0.2, 0.25) is 5.89 Å². The number of aryl methyl sites for hydroxylation is 1. The molecule has 0 atom stereocenters. The zero-order valence-electron chi connectivity index (χ0n) is 11.7. The maximum Gasteiger partial charge on any atom is 0.236 e. The molecule has 0 saturated carbocycles. The summed E-state index contributed by atoms with van der Waals surface area (Å²) in [6.45, 7) is 2.83. The van der Waals surface area contributed by atoms with Crippen molar-refractivity contribution < 1.29 is 9.15 Å². The summed E-state index contributed by atoms with van der Waals surface area (Å²) in [7, 11) is 0. The zero-order valence-corrected chi connectivity index (χ0v) is 12.5. The van der Waals surface area contributed by atoms with Crippen LogP contribution in [0.2, 0.25) is 0 Å². The molecule has 0 aliphatic carbocycles. The summed E-state index contributed by atoms with van der Waals surface area (Å²) >= 11 is 1.61. The summed E-state index contributed by atoms with van der Waals surface area (Å²) < 4.78 is 11.4. The lowest BCUT2D eigenvalue weighted by Gasteiger charge is -2.05. The molecule has 0 saturated heterocycles. The number of nitrogens with two attached hydrogens (primary N) is 1. The van der Waals surface area contributed by atoms with Crippen LogP contribution in [0.3, 0.4) is 0 Å². The quantitative estimate of drug-likeness (QED) is 0.779. The molecule has 3 rings (SSSR count). The maximum atomic E-state index is 5.74. The lowest BCUT2D eigenvalue weighted by atomic mass is 10.2. The van der Waals surface area contributed by atoms with Crippen molar-refractivity contribution in [2.75, 3.05) is 0 Å². The van der Waals surface area contributed by atoms with Gasteiger partial charge in [-0.3, -0.25) is 0 Å². The van der Waals surface area contributed by atoms with E-state index < -0.39 is 0 Å². The van der Waals surface area contributed by atoms with Crippen molar-refractivity contribution in [1.29, 1.82) is 0 Å². The third-order valence-electron chi connectivity index (χ3n) is 3.16. The van der Waals surface area contributed by atoms with Gasteiger partial charge in [-0.05, 0) is 36.1 Å². The van der Waals surface area contributed by atoms with Crippen LogP contribution >= 0.6 is 11.3 Å². The number of aromatic nitrogens is 1. The van der Waals surface area contributed by atoms with E-state index in [9.17, 15) is 0 Å². The normalized spacial score (nSPS) is 10.8. The lowest BCUT2D eigenvalue weighted by Crippen LogP contribution is -1.99. The van der Waals surface area contributed by atoms with Crippen molar-refractivity contribution in [1.82, 2.24) is 4.98 Å². The van der Waals surface area contributed by atoms with Gasteiger partial charge in [0.25, 0.3) is 0 Å². The van der Waals surface area contributed by atoms with E-state index in [2.05, 4.69) is 4.98 Å². The fraction of sp³-hybridized carbons (Fsp3) is 0.188. The molecule has 0 aliphatic rings. The van der Waals surface area contributed by atoms with Crippen LogP contribution in [0.1, 0.15) is 17.0 Å². The highest BCUT2D eigenvalue weighted by atomic mass is 32.1. The highest BCUT2D eigenvalue weighted by Gasteiger charge is 2.12. The molecular formula is C16H16N2O2S. The molecule has 108 valence electrons. The minimum Gasteiger partial charge on any atom is -0.487 e. The minimum atomic E-state index is 0.392. The smallest absolute Gasteiger partial charge is 0.236 e. The van der Waals surface area contributed by atoms with Crippen molar-refractivity contribution in [2.24, 2.45) is 5.73 Å². The largest absolute Gasteiger partial charge is 0.487 e. The van der Waals surface area contributed by atoms with E-state index in [1.807, 2.05) is 48.7 Å². The average Bonchev–Trinajstić information content (AvgIpc) is 3.15. The molecule has 0 radical (unpaired) electrons. The molecule has 2 aromatic heterocycles. The van der Waals surface area contributed by atoms with Crippen LogP contribution in [0.5, 0.6) is 5.75 Å². The first-order valence-electron chi connectivity index (χ1n) is 6.68. The third-order valence-corrected chi connectivity index (χ3v) is 4.02. The molecule has 3 aromatic rings. The Labute approximate surface area is 127 Å². The number of nitrogens with zero attached hydrogens (tertiary/aromatic N) is 1. The van der Waals surface area contributed by atoms with Gasteiger partial charge in [-0.15, -0.1) is 11.3 Å². The third kappa shape index (κ3) is 3.15. The Morgan fingerprint density at radius 2 is 2.05 bits per heavy atom. The van der Waals surface area contributed by atoms with Crippen LogP contribution in [0, 0.1) is 6.92 Å². The first-order chi connectivity index (χ1) is 10.3. The summed E-state index contributed by atoms with van der Waals surface area (Å²) in [5, 5.41) is 2.00. The van der Waals surface area contributed by atoms with Crippen LogP contribution in [0.25, 0.3) is 10.8 Å². The Hall–Kier alpha value is -2.11. The van der Waals surface area contributed by atoms with Crippen molar-refractivity contribution in [3.05, 3.63) is 58.8 Å². The van der Waals surface area contributed by atoms with Crippen LogP contribution < -0.4 is 10.5 Å². The fourth-order valence-electron chi connectivity index (χ4n) is 1.94. The van der Waals surface area contributed by atoms with Crippen LogP contribution in [0.15, 0.2) is 46.2 Å². The van der Waals surface area contributed by atoms with E-state index in [1.165, 1.54) is 0 Å². The molecule has 21 heavy (non-hydrogen) atoms. The molecule has 4 nitrogen and oxygen atoms in total. The standard InChI is InChI=1S/C16H16N2O2S/c1-11-14(18-16(20-11)15-3-2-8-21-15)10-19-13-6-4-12(9-17)5-7-13/h2-8H,9-10,17H2,1H3. The number of oxazole rings is 1. The lowest BCUT2D eigenvalue weighted by molar-refractivity contribution is 0.299. The van der Waals surface area contributed by atoms with Gasteiger partial charge in [0.05, 0.1) is 4.88 Å². The van der Waals surface area contributed by atoms with Gasteiger partial charge in [-0.1, -0.05) is 18.2 Å². The minimum absolute atomic E-state index is 0.392. The van der Waals surface area contributed by atoms with Gasteiger partial charge in [-0.25, -0.2) is 4.98 Å². The molecule has 2 heterocycles. The van der Waals surface area contributed by atoms with Gasteiger partial charge < -0.3 is 14.9 Å². The number of hydrogen-bond donors (Lipinski definition) is 1. The highest BCUT2D eigenvalue weighted by Crippen LogP contribution is 2.26. The van der Waals surface area contributed by atoms with E-state index in [0.29, 0.717) is 19.0 Å². The maximum absolute atomic E-state index is 5.74. The van der Waals surface area contributed by atoms with Crippen LogP contribution in [-0.4, -0.2) is 4.98 Å². The highest BCUT2D eigenvalue weighted by molar-refractivity contribution is 7.13. The van der Waals surface area contributed by atoms with Crippen molar-refractivity contribution >= 4 is 11.3 Å². The molecule has 0 fully saturated rings. The van der Waals surface area contributed by atoms with Crippen LogP contribution in [-0.2, 0) is 13.2 Å². The zero-order chi connectivity index (χ0) is 14.7. The van der Waals surface area contributed by atoms with Gasteiger partial charge in [-0.2, -0.15) is 0 Å². The summed E-state index contributed by atoms with van der Waals surface area (Å²) in [4.78, 5) is 5.52. The summed E-state index contributed by atoms with van der Waals surface area (Å²) in [5.41, 5.74) is 7.48. The number of rotatable bonds is 5. The Balaban J connectivity index is 1.70. The van der Waals surface area contributed by atoms with Crippen molar-refractivity contribution in [3.8, 4) is 16.5 Å². The van der Waals surface area contributed by atoms with Crippen LogP contribution in [0.4, 0.5) is 0 Å². The second-order valence-corrected chi connectivity index (χ2v) is 5.58. The van der Waals surface area contributed by atoms with Gasteiger partial charge >= 0.3 is 0 Å². The summed E-state index contributed by atoms with van der Waals surface area (Å²) in [6, 6.07) is 11.7. The second-order valence-electron chi connectivity index (χ2n) is 4.64. The van der Waals surface area contributed by atoms with E-state index in [1.54, 1.807) is 11.3 Å². The van der Waals surface area contributed by atoms with E-state index in [-0.39, 0.29) is 0 Å². The van der Waals surface area contributed by atoms with Gasteiger partial charge in [0.15, 0.2) is 0 Å². The molecule has 0 spiro atoms. The number of thiophene rings is 1. The Kier molecular flexibility index (Phi) is 4.03. The van der Waals surface area contributed by atoms with Crippen molar-refractivity contribution in [2.45, 2.75) is 20.1 Å². The Bertz CT molecular complexity index is 702. The molecule has 2 N–H and O–H groups in total. The number of ether oxygens (including phenoxy) is 1. The Morgan fingerprint density at radius 1 is 1.24 bits per heavy atom. The Morgan fingerprint density at radius 3 is 2.71 bits per heavy atom. The summed E-state index contributed by atoms with van der Waals surface area (Å²) in [6.07, 6.45) is 0. The predicted octanol–water partition coefficient (Wildman–Crippen LogP) is 3.75. The summed E-state index contributed by atoms with van der Waals surface area (Å²) in [5.74, 6) is 2.24. The predicted molar refractivity (Wildman–Crippen MR) is 83.2 cm³/mol. The molecule has 0 amide bonds. The average molecular weight is 300 g/mol. The first kappa shape index (κ1) is 13.9. The first-order valence-corrected chi connectivity index (χ1v) is 7.56. The van der Waals surface area contributed by atoms with Gasteiger partial charge in [0, 0.05) is 6.54 Å². The topological polar surface area (TPSA) is 61.3 Å². The van der Waals surface area contributed by atoms with Gasteiger partial charge in [0.1, 0.15) is 23.8 Å². The van der Waals surface area contributed by atoms with E-state index in [0.717, 1.165) is 27.6 Å².